The van der Waals surface area contributed by atoms with Crippen LogP contribution >= 0.6 is 0 Å². The molecule has 30 heavy (non-hydrogen) atoms. The Morgan fingerprint density at radius 1 is 1.00 bits per heavy atom. The molecule has 3 rings (SSSR count). The fourth-order valence-corrected chi connectivity index (χ4v) is 2.93. The van der Waals surface area contributed by atoms with Crippen molar-refractivity contribution in [3.05, 3.63) is 64.4 Å². The molecule has 3 aromatic rings. The zero-order valence-electron chi connectivity index (χ0n) is 16.3. The Kier molecular flexibility index (Phi) is 7.12. The van der Waals surface area contributed by atoms with E-state index in [2.05, 4.69) is 20.6 Å². The van der Waals surface area contributed by atoms with E-state index in [-0.39, 0.29) is 17.9 Å². The third-order valence-corrected chi connectivity index (χ3v) is 4.51. The Hall–Kier alpha value is -3.72. The number of hydroxylamine groups is 1. The van der Waals surface area contributed by atoms with E-state index in [0.717, 1.165) is 12.8 Å². The number of benzene rings is 2. The maximum absolute atomic E-state index is 12.2. The lowest BCUT2D eigenvalue weighted by molar-refractivity contribution is -0.129. The molecule has 5 N–H and O–H groups in total. The Balaban J connectivity index is 1.50. The number of rotatable bonds is 9. The Morgan fingerprint density at radius 3 is 2.53 bits per heavy atom. The molecule has 0 bridgehead atoms. The van der Waals surface area contributed by atoms with Crippen LogP contribution in [0, 0.1) is 0 Å². The molecule has 2 amide bonds. The smallest absolute Gasteiger partial charge is 0.260 e. The highest BCUT2D eigenvalue weighted by atomic mass is 16.5. The van der Waals surface area contributed by atoms with E-state index in [9.17, 15) is 14.4 Å². The second-order valence-electron chi connectivity index (χ2n) is 6.74. The number of nitrogens with zero attached hydrogens (tertiary/aromatic N) is 1. The number of anilines is 2. The number of nitrogens with one attached hydrogen (secondary N) is 4. The molecule has 0 atom stereocenters. The molecule has 0 saturated heterocycles. The summed E-state index contributed by atoms with van der Waals surface area (Å²) in [5.41, 5.74) is 3.16. The highest BCUT2D eigenvalue weighted by Crippen LogP contribution is 2.15. The van der Waals surface area contributed by atoms with E-state index in [1.807, 2.05) is 6.07 Å². The molecule has 0 aliphatic rings. The maximum Gasteiger partial charge on any atom is 0.260 e. The van der Waals surface area contributed by atoms with Crippen molar-refractivity contribution in [3.63, 3.8) is 0 Å². The quantitative estimate of drug-likeness (QED) is 0.209. The summed E-state index contributed by atoms with van der Waals surface area (Å²) >= 11 is 0. The molecule has 156 valence electrons. The summed E-state index contributed by atoms with van der Waals surface area (Å²) in [4.78, 5) is 42.3. The van der Waals surface area contributed by atoms with Gasteiger partial charge in [-0.05, 0) is 49.2 Å². The van der Waals surface area contributed by atoms with Crippen molar-refractivity contribution in [1.29, 1.82) is 0 Å². The van der Waals surface area contributed by atoms with Gasteiger partial charge in [-0.15, -0.1) is 0 Å². The topological polar surface area (TPSA) is 136 Å². The lowest BCUT2D eigenvalue weighted by atomic mass is 10.1. The summed E-state index contributed by atoms with van der Waals surface area (Å²) in [6.45, 7) is 0.502. The number of hydrogen-bond donors (Lipinski definition) is 5. The molecular formula is C21H23N5O4. The first-order valence-electron chi connectivity index (χ1n) is 9.64. The summed E-state index contributed by atoms with van der Waals surface area (Å²) < 4.78 is 0. The third-order valence-electron chi connectivity index (χ3n) is 4.51. The second-order valence-corrected chi connectivity index (χ2v) is 6.74. The van der Waals surface area contributed by atoms with E-state index in [1.54, 1.807) is 47.9 Å². The predicted molar refractivity (Wildman–Crippen MR) is 113 cm³/mol. The normalized spacial score (nSPS) is 10.6. The van der Waals surface area contributed by atoms with E-state index in [1.165, 1.54) is 0 Å². The average molecular weight is 409 g/mol. The van der Waals surface area contributed by atoms with Crippen LogP contribution in [0.5, 0.6) is 0 Å². The number of fused-ring (bicyclic) bond motifs is 1. The number of unbranched alkanes of at least 4 members (excludes halogenated alkanes) is 2. The first-order chi connectivity index (χ1) is 14.6. The fraction of sp³-hybridized carbons (Fsp3) is 0.238. The largest absolute Gasteiger partial charge is 0.352 e. The molecular weight excluding hydrogens is 386 g/mol. The van der Waals surface area contributed by atoms with Gasteiger partial charge in [0.15, 0.2) is 0 Å². The van der Waals surface area contributed by atoms with Crippen LogP contribution in [-0.4, -0.2) is 33.5 Å². The number of aromatic nitrogens is 2. The monoisotopic (exact) mass is 409 g/mol. The molecule has 0 aliphatic heterocycles. The van der Waals surface area contributed by atoms with E-state index < -0.39 is 5.91 Å². The number of H-pyrrole nitrogens is 1. The van der Waals surface area contributed by atoms with Crippen molar-refractivity contribution < 1.29 is 14.8 Å². The zero-order valence-corrected chi connectivity index (χ0v) is 16.3. The van der Waals surface area contributed by atoms with Crippen LogP contribution in [0.3, 0.4) is 0 Å². The molecule has 2 aromatic carbocycles. The van der Waals surface area contributed by atoms with Gasteiger partial charge in [0, 0.05) is 24.2 Å². The van der Waals surface area contributed by atoms with Crippen LogP contribution in [0.4, 0.5) is 11.6 Å². The van der Waals surface area contributed by atoms with Gasteiger partial charge < -0.3 is 10.6 Å². The van der Waals surface area contributed by atoms with Gasteiger partial charge in [-0.2, -0.15) is 0 Å². The van der Waals surface area contributed by atoms with E-state index in [0.29, 0.717) is 41.1 Å². The number of amides is 2. The van der Waals surface area contributed by atoms with E-state index >= 15 is 0 Å². The standard InChI is InChI=1S/C21H23N5O4/c27-18(26-30)8-2-1-5-13-22-19(28)14-9-11-15(12-10-14)23-21-24-17-7-4-3-6-16(17)20(29)25-21/h3-4,6-7,9-12,30H,1-2,5,8,13H2,(H,22,28)(H,26,27)(H2,23,24,25,29). The minimum atomic E-state index is -0.407. The third kappa shape index (κ3) is 5.65. The molecule has 9 heteroatoms. The fourth-order valence-electron chi connectivity index (χ4n) is 2.93. The van der Waals surface area contributed by atoms with Crippen LogP contribution < -0.4 is 21.7 Å². The van der Waals surface area contributed by atoms with Gasteiger partial charge in [0.05, 0.1) is 10.9 Å². The Bertz CT molecular complexity index is 1080. The second kappa shape index (κ2) is 10.2. The highest BCUT2D eigenvalue weighted by molar-refractivity contribution is 5.94. The molecule has 0 saturated carbocycles. The average Bonchev–Trinajstić information content (AvgIpc) is 2.76. The molecule has 9 nitrogen and oxygen atoms in total. The predicted octanol–water partition coefficient (Wildman–Crippen LogP) is 2.46. The molecule has 0 fully saturated rings. The lowest BCUT2D eigenvalue weighted by Gasteiger charge is -2.08. The maximum atomic E-state index is 12.2. The van der Waals surface area contributed by atoms with Crippen molar-refractivity contribution in [1.82, 2.24) is 20.8 Å². The van der Waals surface area contributed by atoms with Crippen molar-refractivity contribution in [2.45, 2.75) is 25.7 Å². The van der Waals surface area contributed by atoms with Gasteiger partial charge in [0.1, 0.15) is 0 Å². The summed E-state index contributed by atoms with van der Waals surface area (Å²) in [5.74, 6) is -0.270. The number of aromatic amines is 1. The van der Waals surface area contributed by atoms with Gasteiger partial charge in [0.2, 0.25) is 11.9 Å². The number of carbonyl (C=O) groups is 2. The summed E-state index contributed by atoms with van der Waals surface area (Å²) in [6.07, 6.45) is 2.42. The van der Waals surface area contributed by atoms with Crippen LogP contribution in [-0.2, 0) is 4.79 Å². The van der Waals surface area contributed by atoms with Crippen molar-refractivity contribution in [2.75, 3.05) is 11.9 Å². The van der Waals surface area contributed by atoms with Crippen LogP contribution in [0.2, 0.25) is 0 Å². The van der Waals surface area contributed by atoms with E-state index in [4.69, 9.17) is 5.21 Å². The highest BCUT2D eigenvalue weighted by Gasteiger charge is 2.07. The van der Waals surface area contributed by atoms with Crippen molar-refractivity contribution in [2.24, 2.45) is 0 Å². The van der Waals surface area contributed by atoms with Crippen LogP contribution in [0.15, 0.2) is 53.3 Å². The molecule has 0 radical (unpaired) electrons. The summed E-state index contributed by atoms with van der Waals surface area (Å²) in [5, 5.41) is 14.8. The molecule has 0 unspecified atom stereocenters. The van der Waals surface area contributed by atoms with Crippen LogP contribution in [0.25, 0.3) is 10.9 Å². The van der Waals surface area contributed by atoms with Gasteiger partial charge in [-0.25, -0.2) is 10.5 Å². The molecule has 0 spiro atoms. The summed E-state index contributed by atoms with van der Waals surface area (Å²) in [6, 6.07) is 13.9. The first-order valence-corrected chi connectivity index (χ1v) is 9.64. The lowest BCUT2D eigenvalue weighted by Crippen LogP contribution is -2.24. The van der Waals surface area contributed by atoms with Crippen molar-refractivity contribution in [3.8, 4) is 0 Å². The first kappa shape index (κ1) is 21.0. The van der Waals surface area contributed by atoms with Gasteiger partial charge in [-0.3, -0.25) is 24.6 Å². The van der Waals surface area contributed by atoms with Gasteiger partial charge in [-0.1, -0.05) is 18.6 Å². The van der Waals surface area contributed by atoms with Gasteiger partial charge >= 0.3 is 0 Å². The number of hydrogen-bond acceptors (Lipinski definition) is 6. The zero-order chi connectivity index (χ0) is 21.3. The minimum absolute atomic E-state index is 0.188. The SMILES string of the molecule is O=C(CCCCCNC(=O)c1ccc(Nc2nc3ccccc3c(=O)[nH]2)cc1)NO. The molecule has 1 aromatic heterocycles. The Labute approximate surface area is 172 Å². The van der Waals surface area contributed by atoms with Gasteiger partial charge in [0.25, 0.3) is 11.5 Å². The molecule has 1 heterocycles. The Morgan fingerprint density at radius 2 is 1.77 bits per heavy atom. The van der Waals surface area contributed by atoms with Crippen LogP contribution in [0.1, 0.15) is 36.0 Å². The molecule has 0 aliphatic carbocycles. The summed E-state index contributed by atoms with van der Waals surface area (Å²) in [7, 11) is 0. The number of carbonyl (C=O) groups excluding carboxylic acids is 2. The minimum Gasteiger partial charge on any atom is -0.352 e. The van der Waals surface area contributed by atoms with Crippen molar-refractivity contribution >= 4 is 34.4 Å². The number of para-hydroxylation sites is 1.